The van der Waals surface area contributed by atoms with Crippen molar-refractivity contribution in [2.45, 2.75) is 44.7 Å². The van der Waals surface area contributed by atoms with Gasteiger partial charge in [-0.05, 0) is 69.0 Å². The molecule has 42 heavy (non-hydrogen) atoms. The molecule has 1 saturated carbocycles. The number of aryl methyl sites for hydroxylation is 2. The van der Waals surface area contributed by atoms with Crippen LogP contribution in [0.4, 0.5) is 21.8 Å². The van der Waals surface area contributed by atoms with Crippen LogP contribution in [0.5, 0.6) is 0 Å². The maximum absolute atomic E-state index is 14.4. The Labute approximate surface area is 245 Å². The fourth-order valence-electron chi connectivity index (χ4n) is 6.94. The topological polar surface area (TPSA) is 93.1 Å². The van der Waals surface area contributed by atoms with Gasteiger partial charge in [-0.3, -0.25) is 4.90 Å². The van der Waals surface area contributed by atoms with Gasteiger partial charge in [-0.25, -0.2) is 19.3 Å². The minimum atomic E-state index is -0.321. The first-order chi connectivity index (χ1) is 20.4. The van der Waals surface area contributed by atoms with Crippen LogP contribution in [0, 0.1) is 12.7 Å². The van der Waals surface area contributed by atoms with Gasteiger partial charge >= 0.3 is 0 Å². The quantitative estimate of drug-likeness (QED) is 0.290. The van der Waals surface area contributed by atoms with Crippen LogP contribution in [0.15, 0.2) is 48.9 Å². The number of hydrogen-bond donors (Lipinski definition) is 2. The van der Waals surface area contributed by atoms with E-state index in [1.54, 1.807) is 12.4 Å². The molecule has 0 spiro atoms. The second kappa shape index (κ2) is 10.7. The minimum absolute atomic E-state index is 0.321. The lowest BCUT2D eigenvalue weighted by Crippen LogP contribution is -2.49. The molecule has 2 fully saturated rings. The van der Waals surface area contributed by atoms with E-state index in [1.807, 2.05) is 30.7 Å². The van der Waals surface area contributed by atoms with Crippen molar-refractivity contribution >= 4 is 39.5 Å². The number of benzene rings is 2. The van der Waals surface area contributed by atoms with Crippen molar-refractivity contribution in [3.63, 3.8) is 0 Å². The van der Waals surface area contributed by atoms with Gasteiger partial charge < -0.3 is 25.1 Å². The second-order valence-corrected chi connectivity index (χ2v) is 12.0. The zero-order valence-corrected chi connectivity index (χ0v) is 24.5. The Balaban J connectivity index is 1.14. The van der Waals surface area contributed by atoms with Crippen molar-refractivity contribution in [3.05, 3.63) is 60.3 Å². The van der Waals surface area contributed by atoms with E-state index < -0.39 is 0 Å². The maximum atomic E-state index is 14.4. The third kappa shape index (κ3) is 4.68. The molecule has 0 unspecified atom stereocenters. The normalized spacial score (nSPS) is 20.5. The molecule has 1 saturated heterocycles. The SMILES string of the molecule is Cc1ccc(F)c2nc(Nc3ccc(-c4cn([C@H]5CC[C@@H](N6CCN(C)CC6)CC5)c5ncnc(N)c45)cc3)n(C)c12. The highest BCUT2D eigenvalue weighted by atomic mass is 19.1. The summed E-state index contributed by atoms with van der Waals surface area (Å²) in [6.07, 6.45) is 8.46. The molecule has 2 aromatic carbocycles. The molecule has 5 aromatic rings. The summed E-state index contributed by atoms with van der Waals surface area (Å²) in [5.74, 6) is 0.769. The number of aromatic nitrogens is 5. The Bertz CT molecular complexity index is 1740. The molecule has 2 aliphatic rings. The summed E-state index contributed by atoms with van der Waals surface area (Å²) in [7, 11) is 4.11. The molecule has 7 rings (SSSR count). The third-order valence-corrected chi connectivity index (χ3v) is 9.38. The van der Waals surface area contributed by atoms with Crippen molar-refractivity contribution < 1.29 is 4.39 Å². The number of nitrogens with one attached hydrogen (secondary N) is 1. The van der Waals surface area contributed by atoms with E-state index >= 15 is 0 Å². The number of nitrogens with zero attached hydrogens (tertiary/aromatic N) is 7. The van der Waals surface area contributed by atoms with Crippen LogP contribution in [-0.4, -0.2) is 73.2 Å². The molecule has 0 amide bonds. The molecule has 9 nitrogen and oxygen atoms in total. The van der Waals surface area contributed by atoms with Gasteiger partial charge in [-0.15, -0.1) is 0 Å². The van der Waals surface area contributed by atoms with Gasteiger partial charge in [0.15, 0.2) is 5.82 Å². The average Bonchev–Trinajstić information content (AvgIpc) is 3.56. The molecule has 218 valence electrons. The number of rotatable bonds is 5. The highest BCUT2D eigenvalue weighted by Crippen LogP contribution is 2.39. The Kier molecular flexibility index (Phi) is 6.82. The number of piperazine rings is 1. The van der Waals surface area contributed by atoms with E-state index in [1.165, 1.54) is 32.0 Å². The average molecular weight is 568 g/mol. The highest BCUT2D eigenvalue weighted by molar-refractivity contribution is 6.00. The third-order valence-electron chi connectivity index (χ3n) is 9.38. The molecule has 1 aliphatic heterocycles. The fraction of sp³-hybridized carbons (Fsp3) is 0.406. The van der Waals surface area contributed by atoms with Gasteiger partial charge in [0.05, 0.1) is 10.9 Å². The summed E-state index contributed by atoms with van der Waals surface area (Å²) in [5, 5.41) is 4.26. The van der Waals surface area contributed by atoms with Gasteiger partial charge in [0.25, 0.3) is 0 Å². The van der Waals surface area contributed by atoms with Gasteiger partial charge in [0.1, 0.15) is 23.3 Å². The summed E-state index contributed by atoms with van der Waals surface area (Å²) < 4.78 is 18.7. The summed E-state index contributed by atoms with van der Waals surface area (Å²) in [5.41, 5.74) is 12.4. The summed E-state index contributed by atoms with van der Waals surface area (Å²) in [4.78, 5) is 18.7. The molecule has 3 aromatic heterocycles. The number of anilines is 3. The van der Waals surface area contributed by atoms with Crippen molar-refractivity contribution in [2.75, 3.05) is 44.3 Å². The van der Waals surface area contributed by atoms with E-state index in [2.05, 4.69) is 55.0 Å². The number of nitrogen functional groups attached to an aromatic ring is 1. The minimum Gasteiger partial charge on any atom is -0.383 e. The first kappa shape index (κ1) is 26.9. The zero-order valence-electron chi connectivity index (χ0n) is 24.5. The maximum Gasteiger partial charge on any atom is 0.208 e. The Hall–Kier alpha value is -4.02. The van der Waals surface area contributed by atoms with Gasteiger partial charge in [0.2, 0.25) is 5.95 Å². The predicted octanol–water partition coefficient (Wildman–Crippen LogP) is 5.49. The number of nitrogens with two attached hydrogens (primary N) is 1. The molecule has 3 N–H and O–H groups in total. The van der Waals surface area contributed by atoms with E-state index in [4.69, 9.17) is 10.7 Å². The van der Waals surface area contributed by atoms with E-state index in [-0.39, 0.29) is 5.82 Å². The summed E-state index contributed by atoms with van der Waals surface area (Å²) in [6.45, 7) is 6.63. The van der Waals surface area contributed by atoms with E-state index in [0.29, 0.717) is 29.4 Å². The van der Waals surface area contributed by atoms with E-state index in [0.717, 1.165) is 64.9 Å². The van der Waals surface area contributed by atoms with Crippen LogP contribution in [0.3, 0.4) is 0 Å². The van der Waals surface area contributed by atoms with Crippen molar-refractivity contribution in [1.82, 2.24) is 33.9 Å². The molecular weight excluding hydrogens is 529 g/mol. The number of imidazole rings is 1. The first-order valence-corrected chi connectivity index (χ1v) is 14.9. The molecule has 0 atom stereocenters. The second-order valence-electron chi connectivity index (χ2n) is 12.0. The van der Waals surface area contributed by atoms with Crippen molar-refractivity contribution in [3.8, 4) is 11.1 Å². The first-order valence-electron chi connectivity index (χ1n) is 14.9. The lowest BCUT2D eigenvalue weighted by molar-refractivity contribution is 0.0828. The van der Waals surface area contributed by atoms with Crippen LogP contribution >= 0.6 is 0 Å². The highest BCUT2D eigenvalue weighted by Gasteiger charge is 2.30. The lowest BCUT2D eigenvalue weighted by atomic mass is 9.89. The molecule has 10 heteroatoms. The largest absolute Gasteiger partial charge is 0.383 e. The monoisotopic (exact) mass is 567 g/mol. The summed E-state index contributed by atoms with van der Waals surface area (Å²) in [6, 6.07) is 12.5. The standard InChI is InChI=1S/C32H38FN9/c1-20-4-13-26(33)28-29(20)40(3)32(38-28)37-22-7-5-21(6-8-22)25-18-42(31-27(25)30(34)35-19-36-31)24-11-9-23(10-12-24)41-16-14-39(2)15-17-41/h4-8,13,18-19,23-24H,9-12,14-17H2,1-3H3,(H,37,38)(H2,34,35,36)/t23-,24+. The van der Waals surface area contributed by atoms with Gasteiger partial charge in [0, 0.05) is 62.8 Å². The van der Waals surface area contributed by atoms with Gasteiger partial charge in [-0.1, -0.05) is 18.2 Å². The predicted molar refractivity (Wildman–Crippen MR) is 166 cm³/mol. The Morgan fingerprint density at radius 2 is 1.62 bits per heavy atom. The van der Waals surface area contributed by atoms with E-state index in [9.17, 15) is 4.39 Å². The van der Waals surface area contributed by atoms with Crippen LogP contribution in [0.2, 0.25) is 0 Å². The van der Waals surface area contributed by atoms with Crippen LogP contribution < -0.4 is 11.1 Å². The van der Waals surface area contributed by atoms with Crippen LogP contribution in [0.25, 0.3) is 33.2 Å². The van der Waals surface area contributed by atoms with Crippen molar-refractivity contribution in [1.29, 1.82) is 0 Å². The van der Waals surface area contributed by atoms with Crippen molar-refractivity contribution in [2.24, 2.45) is 7.05 Å². The number of fused-ring (bicyclic) bond motifs is 2. The summed E-state index contributed by atoms with van der Waals surface area (Å²) >= 11 is 0. The molecule has 0 radical (unpaired) electrons. The zero-order chi connectivity index (χ0) is 29.0. The number of likely N-dealkylation sites (N-methyl/N-ethyl adjacent to an activating group) is 1. The molecular formula is C32H38FN9. The van der Waals surface area contributed by atoms with Crippen LogP contribution in [0.1, 0.15) is 37.3 Å². The fourth-order valence-corrected chi connectivity index (χ4v) is 6.94. The van der Waals surface area contributed by atoms with Crippen LogP contribution in [-0.2, 0) is 7.05 Å². The van der Waals surface area contributed by atoms with Gasteiger partial charge in [-0.2, -0.15) is 0 Å². The lowest BCUT2D eigenvalue weighted by Gasteiger charge is -2.41. The molecule has 4 heterocycles. The molecule has 0 bridgehead atoms. The Morgan fingerprint density at radius 1 is 0.905 bits per heavy atom. The number of hydrogen-bond acceptors (Lipinski definition) is 7. The molecule has 1 aliphatic carbocycles. The number of halogens is 1. The Morgan fingerprint density at radius 3 is 2.33 bits per heavy atom. The smallest absolute Gasteiger partial charge is 0.208 e.